The van der Waals surface area contributed by atoms with Gasteiger partial charge in [-0.2, -0.15) is 9.97 Å². The second-order valence-corrected chi connectivity index (χ2v) is 14.7. The minimum atomic E-state index is -0.998. The zero-order chi connectivity index (χ0) is 32.4. The van der Waals surface area contributed by atoms with Crippen molar-refractivity contribution < 1.29 is 18.7 Å². The van der Waals surface area contributed by atoms with E-state index in [-0.39, 0.29) is 35.8 Å². The molecule has 1 amide bonds. The Balaban J connectivity index is 1.31. The van der Waals surface area contributed by atoms with Gasteiger partial charge in [-0.25, -0.2) is 9.18 Å². The number of pyridine rings is 1. The molecule has 0 N–H and O–H groups in total. The van der Waals surface area contributed by atoms with Crippen LogP contribution < -0.4 is 9.64 Å². The predicted octanol–water partition coefficient (Wildman–Crippen LogP) is 6.92. The highest BCUT2D eigenvalue weighted by Gasteiger charge is 2.54. The molecule has 4 aromatic rings. The quantitative estimate of drug-likeness (QED) is 0.171. The molecule has 0 saturated carbocycles. The molecule has 2 aromatic heterocycles. The Morgan fingerprint density at radius 3 is 2.70 bits per heavy atom. The smallest absolute Gasteiger partial charge is 0.412 e. The van der Waals surface area contributed by atoms with Gasteiger partial charge in [-0.1, -0.05) is 41.9 Å². The monoisotopic (exact) mass is 646 g/mol. The van der Waals surface area contributed by atoms with Crippen molar-refractivity contribution in [1.29, 1.82) is 0 Å². The van der Waals surface area contributed by atoms with Crippen LogP contribution in [0.2, 0.25) is 0 Å². The molecular weight excluding hydrogens is 607 g/mol. The van der Waals surface area contributed by atoms with Crippen LogP contribution in [0.1, 0.15) is 52.0 Å². The number of halogens is 2. The predicted molar refractivity (Wildman–Crippen MR) is 178 cm³/mol. The molecule has 3 atom stereocenters. The van der Waals surface area contributed by atoms with Crippen LogP contribution in [0, 0.1) is 12.7 Å². The Kier molecular flexibility index (Phi) is 7.71. The van der Waals surface area contributed by atoms with Crippen LogP contribution >= 0.6 is 11.6 Å². The first-order chi connectivity index (χ1) is 21.9. The Morgan fingerprint density at radius 1 is 1.15 bits per heavy atom. The van der Waals surface area contributed by atoms with Crippen LogP contribution in [-0.2, 0) is 4.74 Å². The SMILES string of the molecule is Cc1cc(-c2ncc3c(N4CC5CCC(Cl)(C4)N5C(=O)OC(C)(C)C)nc(OC[C@@H]4CCCN4C)nc3c2F)c2ccccc2c1. The maximum absolute atomic E-state index is 16.8. The number of hydrogen-bond donors (Lipinski definition) is 0. The average molecular weight is 647 g/mol. The molecule has 9 nitrogen and oxygen atoms in total. The van der Waals surface area contributed by atoms with Gasteiger partial charge in [-0.05, 0) is 89.4 Å². The van der Waals surface area contributed by atoms with E-state index >= 15 is 4.39 Å². The second-order valence-electron chi connectivity index (χ2n) is 14.0. The number of piperazine rings is 1. The molecule has 46 heavy (non-hydrogen) atoms. The zero-order valence-corrected chi connectivity index (χ0v) is 27.8. The zero-order valence-electron chi connectivity index (χ0n) is 27.0. The molecule has 11 heteroatoms. The van der Waals surface area contributed by atoms with E-state index in [0.717, 1.165) is 42.1 Å². The lowest BCUT2D eigenvalue weighted by molar-refractivity contribution is 0.00717. The van der Waals surface area contributed by atoms with Gasteiger partial charge in [0.1, 0.15) is 34.2 Å². The molecule has 2 aromatic carbocycles. The van der Waals surface area contributed by atoms with Gasteiger partial charge in [-0.15, -0.1) is 0 Å². The fourth-order valence-corrected chi connectivity index (χ4v) is 7.68. The summed E-state index contributed by atoms with van der Waals surface area (Å²) in [7, 11) is 2.08. The third-order valence-electron chi connectivity index (χ3n) is 9.39. The summed E-state index contributed by atoms with van der Waals surface area (Å²) in [5.41, 5.74) is 1.43. The summed E-state index contributed by atoms with van der Waals surface area (Å²) >= 11 is 7.21. The molecule has 0 aliphatic carbocycles. The second kappa shape index (κ2) is 11.5. The number of anilines is 1. The molecule has 2 unspecified atom stereocenters. The number of ether oxygens (including phenoxy) is 2. The number of nitrogens with zero attached hydrogens (tertiary/aromatic N) is 6. The van der Waals surface area contributed by atoms with E-state index in [1.807, 2.05) is 62.9 Å². The standard InChI is InChI=1S/C35H40ClFN6O3/c1-21-15-22-9-6-7-11-25(22)26(16-21)29-28(37)30-27(17-38-29)31(40-32(39-30)45-19-24-10-8-14-41(24)5)42-18-23-12-13-35(36,20-42)43(23)33(44)46-34(2,3)4/h6-7,9,11,15-17,23-24H,8,10,12-14,18-20H2,1-5H3/t23?,24-,35?/m0/s1. The van der Waals surface area contributed by atoms with Gasteiger partial charge in [0.05, 0.1) is 18.0 Å². The Hall–Kier alpha value is -3.76. The summed E-state index contributed by atoms with van der Waals surface area (Å²) in [5, 5.41) is 2.39. The van der Waals surface area contributed by atoms with Crippen molar-refractivity contribution >= 4 is 45.2 Å². The molecule has 3 aliphatic heterocycles. The number of alkyl halides is 1. The normalized spacial score (nSPS) is 23.5. The van der Waals surface area contributed by atoms with E-state index in [9.17, 15) is 4.79 Å². The summed E-state index contributed by atoms with van der Waals surface area (Å²) in [5.74, 6) is -0.0386. The maximum Gasteiger partial charge on any atom is 0.412 e. The lowest BCUT2D eigenvalue weighted by Gasteiger charge is -2.46. The van der Waals surface area contributed by atoms with Crippen LogP contribution in [0.4, 0.5) is 15.0 Å². The summed E-state index contributed by atoms with van der Waals surface area (Å²) < 4.78 is 28.7. The molecule has 0 radical (unpaired) electrons. The molecule has 5 heterocycles. The number of aryl methyl sites for hydroxylation is 1. The molecule has 0 spiro atoms. The number of amides is 1. The van der Waals surface area contributed by atoms with Crippen molar-refractivity contribution in [2.24, 2.45) is 0 Å². The van der Waals surface area contributed by atoms with Crippen molar-refractivity contribution in [3.8, 4) is 17.3 Å². The third kappa shape index (κ3) is 5.59. The van der Waals surface area contributed by atoms with Gasteiger partial charge in [0.25, 0.3) is 0 Å². The number of fused-ring (bicyclic) bond motifs is 4. The number of likely N-dealkylation sites (N-methyl/N-ethyl adjacent to an activating group) is 1. The largest absolute Gasteiger partial charge is 0.462 e. The minimum Gasteiger partial charge on any atom is -0.462 e. The molecule has 3 saturated heterocycles. The number of benzene rings is 2. The van der Waals surface area contributed by atoms with Gasteiger partial charge in [0.2, 0.25) is 0 Å². The minimum absolute atomic E-state index is 0.110. The van der Waals surface area contributed by atoms with Gasteiger partial charge in [0, 0.05) is 24.3 Å². The summed E-state index contributed by atoms with van der Waals surface area (Å²) in [6.07, 6.45) is 4.66. The summed E-state index contributed by atoms with van der Waals surface area (Å²) in [4.78, 5) is 32.4. The number of likely N-dealkylation sites (tertiary alicyclic amines) is 1. The van der Waals surface area contributed by atoms with Crippen LogP contribution in [0.15, 0.2) is 42.6 Å². The molecule has 2 bridgehead atoms. The first-order valence-electron chi connectivity index (χ1n) is 16.1. The van der Waals surface area contributed by atoms with E-state index in [1.54, 1.807) is 11.1 Å². The number of hydrogen-bond acceptors (Lipinski definition) is 8. The Morgan fingerprint density at radius 2 is 1.96 bits per heavy atom. The number of carbonyl (C=O) groups excluding carboxylic acids is 1. The van der Waals surface area contributed by atoms with Crippen LogP contribution in [-0.4, -0.2) is 86.8 Å². The highest BCUT2D eigenvalue weighted by Crippen LogP contribution is 2.45. The van der Waals surface area contributed by atoms with E-state index < -0.39 is 22.5 Å². The van der Waals surface area contributed by atoms with E-state index in [1.165, 1.54) is 0 Å². The van der Waals surface area contributed by atoms with Crippen LogP contribution in [0.3, 0.4) is 0 Å². The molecular formula is C35H40ClFN6O3. The van der Waals surface area contributed by atoms with Crippen molar-refractivity contribution in [2.75, 3.05) is 38.2 Å². The van der Waals surface area contributed by atoms with Crippen molar-refractivity contribution in [1.82, 2.24) is 24.8 Å². The Bertz CT molecular complexity index is 1830. The first-order valence-corrected chi connectivity index (χ1v) is 16.4. The first kappa shape index (κ1) is 30.9. The van der Waals surface area contributed by atoms with Crippen molar-refractivity contribution in [3.05, 3.63) is 54.0 Å². The van der Waals surface area contributed by atoms with Crippen LogP contribution in [0.25, 0.3) is 32.9 Å². The molecule has 242 valence electrons. The van der Waals surface area contributed by atoms with Gasteiger partial charge < -0.3 is 19.3 Å². The van der Waals surface area contributed by atoms with Gasteiger partial charge in [-0.3, -0.25) is 9.88 Å². The summed E-state index contributed by atoms with van der Waals surface area (Å²) in [6, 6.07) is 12.1. The fourth-order valence-electron chi connectivity index (χ4n) is 7.22. The van der Waals surface area contributed by atoms with Crippen molar-refractivity contribution in [2.45, 2.75) is 76.1 Å². The van der Waals surface area contributed by atoms with E-state index in [0.29, 0.717) is 36.3 Å². The van der Waals surface area contributed by atoms with Crippen LogP contribution in [0.5, 0.6) is 6.01 Å². The lowest BCUT2D eigenvalue weighted by atomic mass is 9.98. The number of aromatic nitrogens is 3. The number of carbonyl (C=O) groups is 1. The highest BCUT2D eigenvalue weighted by atomic mass is 35.5. The maximum atomic E-state index is 16.8. The molecule has 3 fully saturated rings. The van der Waals surface area contributed by atoms with Crippen molar-refractivity contribution in [3.63, 3.8) is 0 Å². The topological polar surface area (TPSA) is 83.9 Å². The third-order valence-corrected chi connectivity index (χ3v) is 9.88. The fraction of sp³-hybridized carbons (Fsp3) is 0.486. The highest BCUT2D eigenvalue weighted by molar-refractivity contribution is 6.25. The van der Waals surface area contributed by atoms with E-state index in [4.69, 9.17) is 26.1 Å². The molecule has 3 aliphatic rings. The van der Waals surface area contributed by atoms with Gasteiger partial charge in [0.15, 0.2) is 5.82 Å². The van der Waals surface area contributed by atoms with E-state index in [2.05, 4.69) is 28.0 Å². The average Bonchev–Trinajstić information content (AvgIpc) is 3.50. The lowest BCUT2D eigenvalue weighted by Crippen LogP contribution is -2.61. The number of rotatable bonds is 5. The molecule has 7 rings (SSSR count). The Labute approximate surface area is 273 Å². The summed E-state index contributed by atoms with van der Waals surface area (Å²) in [6.45, 7) is 9.68. The van der Waals surface area contributed by atoms with Gasteiger partial charge >= 0.3 is 12.1 Å².